The first kappa shape index (κ1) is 14.5. The number of rotatable bonds is 6. The third-order valence-corrected chi connectivity index (χ3v) is 3.75. The van der Waals surface area contributed by atoms with Gasteiger partial charge in [0.25, 0.3) is 0 Å². The van der Waals surface area contributed by atoms with Crippen LogP contribution in [0.5, 0.6) is 0 Å². The zero-order chi connectivity index (χ0) is 12.9. The van der Waals surface area contributed by atoms with Gasteiger partial charge in [0.2, 0.25) is 0 Å². The van der Waals surface area contributed by atoms with Gasteiger partial charge < -0.3 is 10.5 Å². The van der Waals surface area contributed by atoms with E-state index in [9.17, 15) is 0 Å². The van der Waals surface area contributed by atoms with Gasteiger partial charge in [-0.25, -0.2) is 0 Å². The Kier molecular flexibility index (Phi) is 5.44. The molecule has 0 aliphatic heterocycles. The Labute approximate surface area is 109 Å². The predicted molar refractivity (Wildman–Crippen MR) is 73.4 cm³/mol. The van der Waals surface area contributed by atoms with Crippen LogP contribution in [0, 0.1) is 0 Å². The van der Waals surface area contributed by atoms with E-state index in [0.29, 0.717) is 13.0 Å². The maximum absolute atomic E-state index is 6.56. The SMILES string of the molecule is CCc1cccc(C(Cl)(CCN)OC)c1CC. The third-order valence-electron chi connectivity index (χ3n) is 3.20. The van der Waals surface area contributed by atoms with Crippen molar-refractivity contribution in [3.05, 3.63) is 34.9 Å². The Morgan fingerprint density at radius 1 is 1.29 bits per heavy atom. The molecule has 96 valence electrons. The fourth-order valence-electron chi connectivity index (χ4n) is 2.27. The molecule has 0 aliphatic carbocycles. The molecule has 0 radical (unpaired) electrons. The standard InChI is InChI=1S/C14H22ClNO/c1-4-11-7-6-8-13(12(11)5-2)14(15,17-3)9-10-16/h6-8H,4-5,9-10,16H2,1-3H3. The van der Waals surface area contributed by atoms with Gasteiger partial charge in [-0.3, -0.25) is 0 Å². The molecule has 1 rings (SSSR count). The molecule has 0 aliphatic rings. The van der Waals surface area contributed by atoms with Crippen molar-refractivity contribution in [2.45, 2.75) is 38.2 Å². The van der Waals surface area contributed by atoms with Crippen LogP contribution in [0.4, 0.5) is 0 Å². The Hall–Kier alpha value is -0.570. The van der Waals surface area contributed by atoms with Crippen LogP contribution >= 0.6 is 11.6 Å². The van der Waals surface area contributed by atoms with Gasteiger partial charge in [0.15, 0.2) is 5.06 Å². The number of halogens is 1. The Morgan fingerprint density at radius 2 is 2.00 bits per heavy atom. The summed E-state index contributed by atoms with van der Waals surface area (Å²) < 4.78 is 5.49. The van der Waals surface area contributed by atoms with Crippen LogP contribution in [0.15, 0.2) is 18.2 Å². The molecule has 2 nitrogen and oxygen atoms in total. The second-order valence-electron chi connectivity index (χ2n) is 4.12. The Morgan fingerprint density at radius 3 is 2.47 bits per heavy atom. The van der Waals surface area contributed by atoms with Crippen LogP contribution in [-0.4, -0.2) is 13.7 Å². The molecule has 0 heterocycles. The van der Waals surface area contributed by atoms with E-state index < -0.39 is 5.06 Å². The highest BCUT2D eigenvalue weighted by atomic mass is 35.5. The molecule has 0 saturated carbocycles. The van der Waals surface area contributed by atoms with Crippen molar-refractivity contribution < 1.29 is 4.74 Å². The summed E-state index contributed by atoms with van der Waals surface area (Å²) in [4.78, 5) is 0. The summed E-state index contributed by atoms with van der Waals surface area (Å²) in [7, 11) is 1.64. The number of alkyl halides is 1. The maximum Gasteiger partial charge on any atom is 0.168 e. The summed E-state index contributed by atoms with van der Waals surface area (Å²) in [5, 5.41) is -0.786. The molecule has 0 saturated heterocycles. The fraction of sp³-hybridized carbons (Fsp3) is 0.571. The minimum Gasteiger partial charge on any atom is -0.359 e. The van der Waals surface area contributed by atoms with E-state index in [4.69, 9.17) is 22.1 Å². The molecule has 2 N–H and O–H groups in total. The summed E-state index contributed by atoms with van der Waals surface area (Å²) >= 11 is 6.56. The summed E-state index contributed by atoms with van der Waals surface area (Å²) in [5.74, 6) is 0. The second kappa shape index (κ2) is 6.39. The highest BCUT2D eigenvalue weighted by molar-refractivity contribution is 6.23. The van der Waals surface area contributed by atoms with E-state index >= 15 is 0 Å². The van der Waals surface area contributed by atoms with E-state index in [1.54, 1.807) is 7.11 Å². The van der Waals surface area contributed by atoms with E-state index in [2.05, 4.69) is 19.9 Å². The first-order chi connectivity index (χ1) is 8.12. The van der Waals surface area contributed by atoms with Gasteiger partial charge >= 0.3 is 0 Å². The van der Waals surface area contributed by atoms with Gasteiger partial charge in [-0.15, -0.1) is 0 Å². The molecule has 1 aromatic carbocycles. The molecule has 1 unspecified atom stereocenters. The molecule has 1 atom stereocenters. The highest BCUT2D eigenvalue weighted by Gasteiger charge is 2.30. The van der Waals surface area contributed by atoms with Crippen molar-refractivity contribution in [1.82, 2.24) is 0 Å². The zero-order valence-corrected chi connectivity index (χ0v) is 11.7. The monoisotopic (exact) mass is 255 g/mol. The number of hydrogen-bond donors (Lipinski definition) is 1. The number of hydrogen-bond acceptors (Lipinski definition) is 2. The Bertz CT molecular complexity index is 367. The van der Waals surface area contributed by atoms with Crippen LogP contribution in [0.1, 0.15) is 37.0 Å². The zero-order valence-electron chi connectivity index (χ0n) is 10.9. The van der Waals surface area contributed by atoms with Crippen molar-refractivity contribution in [3.8, 4) is 0 Å². The first-order valence-corrected chi connectivity index (χ1v) is 6.56. The molecular weight excluding hydrogens is 234 g/mol. The molecule has 0 fully saturated rings. The average molecular weight is 256 g/mol. The highest BCUT2D eigenvalue weighted by Crippen LogP contribution is 2.36. The quantitative estimate of drug-likeness (QED) is 0.793. The van der Waals surface area contributed by atoms with Gasteiger partial charge in [0.1, 0.15) is 0 Å². The largest absolute Gasteiger partial charge is 0.359 e. The summed E-state index contributed by atoms with van der Waals surface area (Å²) in [6, 6.07) is 6.24. The van der Waals surface area contributed by atoms with E-state index in [1.165, 1.54) is 11.1 Å². The first-order valence-electron chi connectivity index (χ1n) is 6.18. The van der Waals surface area contributed by atoms with Gasteiger partial charge in [-0.2, -0.15) is 0 Å². The van der Waals surface area contributed by atoms with E-state index in [-0.39, 0.29) is 0 Å². The number of benzene rings is 1. The number of nitrogens with two attached hydrogens (primary N) is 1. The van der Waals surface area contributed by atoms with E-state index in [1.807, 2.05) is 12.1 Å². The molecule has 1 aromatic rings. The molecule has 0 spiro atoms. The maximum atomic E-state index is 6.56. The normalized spacial score (nSPS) is 14.6. The lowest BCUT2D eigenvalue weighted by molar-refractivity contribution is 0.0554. The lowest BCUT2D eigenvalue weighted by Gasteiger charge is -2.28. The van der Waals surface area contributed by atoms with Crippen molar-refractivity contribution in [1.29, 1.82) is 0 Å². The predicted octanol–water partition coefficient (Wildman–Crippen LogP) is 3.20. The smallest absolute Gasteiger partial charge is 0.168 e. The van der Waals surface area contributed by atoms with Gasteiger partial charge in [-0.05, 0) is 30.5 Å². The topological polar surface area (TPSA) is 35.2 Å². The number of aryl methyl sites for hydroxylation is 1. The van der Waals surface area contributed by atoms with Crippen molar-refractivity contribution >= 4 is 11.6 Å². The summed E-state index contributed by atoms with van der Waals surface area (Å²) in [5.41, 5.74) is 9.32. The minimum atomic E-state index is -0.786. The van der Waals surface area contributed by atoms with Crippen molar-refractivity contribution in [2.24, 2.45) is 5.73 Å². The molecule has 17 heavy (non-hydrogen) atoms. The third kappa shape index (κ3) is 3.01. The van der Waals surface area contributed by atoms with Crippen LogP contribution in [-0.2, 0) is 22.6 Å². The molecule has 0 aromatic heterocycles. The van der Waals surface area contributed by atoms with Crippen LogP contribution in [0.25, 0.3) is 0 Å². The van der Waals surface area contributed by atoms with Crippen LogP contribution in [0.3, 0.4) is 0 Å². The molecule has 0 amide bonds. The average Bonchev–Trinajstić information content (AvgIpc) is 2.37. The summed E-state index contributed by atoms with van der Waals surface area (Å²) in [6.45, 7) is 4.81. The number of methoxy groups -OCH3 is 1. The van der Waals surface area contributed by atoms with Gasteiger partial charge in [-0.1, -0.05) is 43.6 Å². The van der Waals surface area contributed by atoms with E-state index in [0.717, 1.165) is 18.4 Å². The minimum absolute atomic E-state index is 0.511. The van der Waals surface area contributed by atoms with Crippen molar-refractivity contribution in [3.63, 3.8) is 0 Å². The van der Waals surface area contributed by atoms with Gasteiger partial charge in [0, 0.05) is 19.1 Å². The molecule has 3 heteroatoms. The summed E-state index contributed by atoms with van der Waals surface area (Å²) in [6.07, 6.45) is 2.59. The van der Waals surface area contributed by atoms with Crippen LogP contribution in [0.2, 0.25) is 0 Å². The lowest BCUT2D eigenvalue weighted by Crippen LogP contribution is -2.27. The van der Waals surface area contributed by atoms with Gasteiger partial charge in [0.05, 0.1) is 0 Å². The lowest BCUT2D eigenvalue weighted by atomic mass is 9.92. The molecule has 0 bridgehead atoms. The second-order valence-corrected chi connectivity index (χ2v) is 4.73. The molecular formula is C14H22ClNO. The number of ether oxygens (including phenoxy) is 1. The van der Waals surface area contributed by atoms with Crippen LogP contribution < -0.4 is 5.73 Å². The Balaban J connectivity index is 3.28. The fourth-order valence-corrected chi connectivity index (χ4v) is 2.55. The van der Waals surface area contributed by atoms with Crippen molar-refractivity contribution in [2.75, 3.05) is 13.7 Å².